The van der Waals surface area contributed by atoms with Gasteiger partial charge < -0.3 is 10.6 Å². The number of carbonyl (C=O) groups excluding carboxylic acids is 2. The Bertz CT molecular complexity index is 1360. The monoisotopic (exact) mass is 614 g/mol. The van der Waals surface area contributed by atoms with Gasteiger partial charge in [0.15, 0.2) is 0 Å². The highest BCUT2D eigenvalue weighted by molar-refractivity contribution is 5.95. The zero-order valence-corrected chi connectivity index (χ0v) is 24.0. The van der Waals surface area contributed by atoms with E-state index in [-0.39, 0.29) is 23.2 Å². The summed E-state index contributed by atoms with van der Waals surface area (Å²) < 4.78 is 73.2. The minimum absolute atomic E-state index is 0.133. The van der Waals surface area contributed by atoms with E-state index in [0.29, 0.717) is 0 Å². The standard InChI is InChI=1S/2C17H16F3NO/c2*1-2-15(12-6-4-3-5-7-12)13-8-10-14(11-9-13)21-16(22)17(18,19)20/h2*3-11,15H,2H2,1H3,(H,21,22)/t2*15-/m11/s1. The van der Waals surface area contributed by atoms with Gasteiger partial charge in [-0.2, -0.15) is 26.3 Å². The molecule has 0 heterocycles. The van der Waals surface area contributed by atoms with Gasteiger partial charge in [0.1, 0.15) is 0 Å². The van der Waals surface area contributed by atoms with Crippen LogP contribution in [0.1, 0.15) is 60.8 Å². The number of rotatable bonds is 8. The third-order valence-electron chi connectivity index (χ3n) is 6.88. The number of carbonyl (C=O) groups is 2. The molecule has 44 heavy (non-hydrogen) atoms. The van der Waals surface area contributed by atoms with Gasteiger partial charge in [0, 0.05) is 23.2 Å². The van der Waals surface area contributed by atoms with Crippen molar-refractivity contribution in [2.75, 3.05) is 10.6 Å². The molecule has 0 unspecified atom stereocenters. The summed E-state index contributed by atoms with van der Waals surface area (Å²) in [7, 11) is 0. The number of hydrogen-bond acceptors (Lipinski definition) is 2. The number of nitrogens with one attached hydrogen (secondary N) is 2. The molecule has 4 rings (SSSR count). The molecule has 2 atom stereocenters. The van der Waals surface area contributed by atoms with Gasteiger partial charge in [-0.15, -0.1) is 0 Å². The minimum Gasteiger partial charge on any atom is -0.318 e. The number of halogens is 6. The van der Waals surface area contributed by atoms with Crippen LogP contribution in [0.3, 0.4) is 0 Å². The van der Waals surface area contributed by atoms with Gasteiger partial charge >= 0.3 is 24.2 Å². The SMILES string of the molecule is CC[C@H](c1ccccc1)c1ccc(NC(=O)C(F)(F)F)cc1.CC[C@H](c1ccccc1)c1ccc(NC(=O)C(F)(F)F)cc1. The van der Waals surface area contributed by atoms with Crippen molar-refractivity contribution in [3.05, 3.63) is 131 Å². The Kier molecular flexibility index (Phi) is 11.7. The molecular weight excluding hydrogens is 582 g/mol. The van der Waals surface area contributed by atoms with Crippen LogP contribution in [0.2, 0.25) is 0 Å². The summed E-state index contributed by atoms with van der Waals surface area (Å²) in [5.41, 5.74) is 4.56. The predicted octanol–water partition coefficient (Wildman–Crippen LogP) is 9.46. The molecule has 0 saturated heterocycles. The molecule has 4 nitrogen and oxygen atoms in total. The van der Waals surface area contributed by atoms with E-state index in [1.807, 2.05) is 71.3 Å². The molecule has 2 amide bonds. The second-order valence-electron chi connectivity index (χ2n) is 9.89. The van der Waals surface area contributed by atoms with Gasteiger partial charge in [0.2, 0.25) is 0 Å². The maximum Gasteiger partial charge on any atom is 0.471 e. The second kappa shape index (κ2) is 15.2. The fraction of sp³-hybridized carbons (Fsp3) is 0.235. The Morgan fingerprint density at radius 1 is 0.500 bits per heavy atom. The third-order valence-corrected chi connectivity index (χ3v) is 6.88. The summed E-state index contributed by atoms with van der Waals surface area (Å²) in [5.74, 6) is -3.58. The molecule has 0 aliphatic rings. The lowest BCUT2D eigenvalue weighted by Gasteiger charge is -2.16. The maximum atomic E-state index is 12.2. The topological polar surface area (TPSA) is 58.2 Å². The Hall–Kier alpha value is -4.60. The number of benzene rings is 4. The van der Waals surface area contributed by atoms with E-state index in [1.54, 1.807) is 24.3 Å². The quantitative estimate of drug-likeness (QED) is 0.194. The van der Waals surface area contributed by atoms with Crippen LogP contribution in [0.15, 0.2) is 109 Å². The maximum absolute atomic E-state index is 12.2. The van der Waals surface area contributed by atoms with E-state index in [1.165, 1.54) is 24.3 Å². The van der Waals surface area contributed by atoms with Crippen LogP contribution in [-0.2, 0) is 9.59 Å². The van der Waals surface area contributed by atoms with Crippen LogP contribution in [0.5, 0.6) is 0 Å². The molecule has 10 heteroatoms. The zero-order chi connectivity index (χ0) is 32.3. The molecule has 0 radical (unpaired) electrons. The zero-order valence-electron chi connectivity index (χ0n) is 24.0. The lowest BCUT2D eigenvalue weighted by atomic mass is 9.89. The van der Waals surface area contributed by atoms with E-state index in [2.05, 4.69) is 13.8 Å². The first kappa shape index (κ1) is 33.9. The van der Waals surface area contributed by atoms with Crippen molar-refractivity contribution in [2.45, 2.75) is 50.9 Å². The lowest BCUT2D eigenvalue weighted by Crippen LogP contribution is -2.29. The van der Waals surface area contributed by atoms with E-state index in [9.17, 15) is 35.9 Å². The van der Waals surface area contributed by atoms with E-state index < -0.39 is 24.2 Å². The molecule has 0 bridgehead atoms. The summed E-state index contributed by atoms with van der Waals surface area (Å²) in [6.07, 6.45) is -8.01. The van der Waals surface area contributed by atoms with Gasteiger partial charge in [0.05, 0.1) is 0 Å². The predicted molar refractivity (Wildman–Crippen MR) is 159 cm³/mol. The molecule has 232 valence electrons. The number of amides is 2. The summed E-state index contributed by atoms with van der Waals surface area (Å²) >= 11 is 0. The van der Waals surface area contributed by atoms with E-state index in [0.717, 1.165) is 35.1 Å². The molecule has 0 spiro atoms. The summed E-state index contributed by atoms with van der Waals surface area (Å²) in [4.78, 5) is 21.8. The Labute approximate surface area is 252 Å². The number of alkyl halides is 6. The van der Waals surface area contributed by atoms with Crippen molar-refractivity contribution in [1.29, 1.82) is 0 Å². The van der Waals surface area contributed by atoms with Crippen LogP contribution in [0.4, 0.5) is 37.7 Å². The van der Waals surface area contributed by atoms with Crippen LogP contribution >= 0.6 is 0 Å². The van der Waals surface area contributed by atoms with E-state index in [4.69, 9.17) is 0 Å². The highest BCUT2D eigenvalue weighted by Crippen LogP contribution is 2.30. The molecule has 0 saturated carbocycles. The summed E-state index contributed by atoms with van der Waals surface area (Å²) in [6.45, 7) is 4.11. The van der Waals surface area contributed by atoms with Crippen molar-refractivity contribution in [1.82, 2.24) is 0 Å². The van der Waals surface area contributed by atoms with Gasteiger partial charge in [-0.05, 0) is 59.4 Å². The van der Waals surface area contributed by atoms with Crippen LogP contribution in [0.25, 0.3) is 0 Å². The van der Waals surface area contributed by atoms with Crippen molar-refractivity contribution in [3.63, 3.8) is 0 Å². The molecule has 0 aliphatic carbocycles. The van der Waals surface area contributed by atoms with Gasteiger partial charge in [-0.1, -0.05) is 98.8 Å². The van der Waals surface area contributed by atoms with Crippen LogP contribution in [-0.4, -0.2) is 24.2 Å². The second-order valence-corrected chi connectivity index (χ2v) is 9.89. The fourth-order valence-corrected chi connectivity index (χ4v) is 4.70. The largest absolute Gasteiger partial charge is 0.471 e. The highest BCUT2D eigenvalue weighted by Gasteiger charge is 2.39. The van der Waals surface area contributed by atoms with Gasteiger partial charge in [-0.25, -0.2) is 0 Å². The number of anilines is 2. The molecule has 0 aliphatic heterocycles. The van der Waals surface area contributed by atoms with Crippen molar-refractivity contribution in [3.8, 4) is 0 Å². The molecule has 4 aromatic carbocycles. The first-order chi connectivity index (χ1) is 20.8. The Morgan fingerprint density at radius 3 is 1.02 bits per heavy atom. The third kappa shape index (κ3) is 9.72. The molecule has 4 aromatic rings. The van der Waals surface area contributed by atoms with Crippen LogP contribution < -0.4 is 10.6 Å². The van der Waals surface area contributed by atoms with Gasteiger partial charge in [-0.3, -0.25) is 9.59 Å². The first-order valence-corrected chi connectivity index (χ1v) is 13.9. The van der Waals surface area contributed by atoms with Crippen molar-refractivity contribution >= 4 is 23.2 Å². The lowest BCUT2D eigenvalue weighted by molar-refractivity contribution is -0.167. The highest BCUT2D eigenvalue weighted by atomic mass is 19.4. The average molecular weight is 615 g/mol. The van der Waals surface area contributed by atoms with E-state index >= 15 is 0 Å². The van der Waals surface area contributed by atoms with Crippen molar-refractivity contribution in [2.24, 2.45) is 0 Å². The minimum atomic E-state index is -4.88. The molecule has 0 fully saturated rings. The summed E-state index contributed by atoms with van der Waals surface area (Å²) in [6, 6.07) is 32.7. The first-order valence-electron chi connectivity index (χ1n) is 13.9. The fourth-order valence-electron chi connectivity index (χ4n) is 4.70. The molecular formula is C34H32F6N2O2. The summed E-state index contributed by atoms with van der Waals surface area (Å²) in [5, 5.41) is 3.68. The Balaban J connectivity index is 0.000000240. The average Bonchev–Trinajstić information content (AvgIpc) is 3.00. The molecule has 2 N–H and O–H groups in total. The normalized spacial score (nSPS) is 12.7. The van der Waals surface area contributed by atoms with Gasteiger partial charge in [0.25, 0.3) is 0 Å². The van der Waals surface area contributed by atoms with Crippen LogP contribution in [0, 0.1) is 0 Å². The smallest absolute Gasteiger partial charge is 0.318 e. The Morgan fingerprint density at radius 2 is 0.773 bits per heavy atom. The van der Waals surface area contributed by atoms with Crippen molar-refractivity contribution < 1.29 is 35.9 Å². The molecule has 0 aromatic heterocycles. The number of hydrogen-bond donors (Lipinski definition) is 2.